The van der Waals surface area contributed by atoms with E-state index in [1.54, 1.807) is 0 Å². The van der Waals surface area contributed by atoms with Gasteiger partial charge in [0.25, 0.3) is 0 Å². The van der Waals surface area contributed by atoms with Crippen molar-refractivity contribution in [3.63, 3.8) is 0 Å². The number of rotatable bonds is 9. The molecule has 1 amide bonds. The molecule has 0 fully saturated rings. The van der Waals surface area contributed by atoms with E-state index in [1.807, 2.05) is 53.9 Å². The van der Waals surface area contributed by atoms with Gasteiger partial charge in [-0.3, -0.25) is 15.5 Å². The van der Waals surface area contributed by atoms with Crippen LogP contribution in [0.5, 0.6) is 0 Å². The molecule has 0 spiro atoms. The summed E-state index contributed by atoms with van der Waals surface area (Å²) in [5, 5.41) is 26.4. The van der Waals surface area contributed by atoms with Gasteiger partial charge in [-0.15, -0.1) is 0 Å². The predicted octanol–water partition coefficient (Wildman–Crippen LogP) is 2.91. The van der Waals surface area contributed by atoms with Gasteiger partial charge in [-0.05, 0) is 17.8 Å². The highest BCUT2D eigenvalue weighted by atomic mass is 16.5. The second-order valence-corrected chi connectivity index (χ2v) is 8.77. The van der Waals surface area contributed by atoms with Crippen LogP contribution in [-0.2, 0) is 4.79 Å². The summed E-state index contributed by atoms with van der Waals surface area (Å²) in [6, 6.07) is -0.526. The second-order valence-electron chi connectivity index (χ2n) is 8.77. The summed E-state index contributed by atoms with van der Waals surface area (Å²) < 4.78 is 5.40. The number of amides is 1. The third kappa shape index (κ3) is 6.32. The fraction of sp³-hybridized carbons (Fsp3) is 0.737. The van der Waals surface area contributed by atoms with Gasteiger partial charge in [0.05, 0.1) is 11.6 Å². The molecule has 0 aromatic carbocycles. The van der Waals surface area contributed by atoms with Gasteiger partial charge in [0.15, 0.2) is 5.82 Å². The Balaban J connectivity index is 3.13. The number of nitrogens with one attached hydrogen (secondary N) is 2. The first-order valence-electron chi connectivity index (χ1n) is 9.29. The van der Waals surface area contributed by atoms with Crippen LogP contribution in [0.25, 0.3) is 0 Å². The van der Waals surface area contributed by atoms with Crippen LogP contribution in [0.3, 0.4) is 0 Å². The van der Waals surface area contributed by atoms with Crippen LogP contribution >= 0.6 is 0 Å². The van der Waals surface area contributed by atoms with Crippen molar-refractivity contribution in [1.82, 2.24) is 20.9 Å². The molecule has 8 heteroatoms. The molecule has 0 saturated heterocycles. The first-order valence-corrected chi connectivity index (χ1v) is 9.29. The van der Waals surface area contributed by atoms with Crippen molar-refractivity contribution in [2.45, 2.75) is 73.0 Å². The van der Waals surface area contributed by atoms with Gasteiger partial charge in [0, 0.05) is 5.92 Å². The minimum absolute atomic E-state index is 0.0250. The summed E-state index contributed by atoms with van der Waals surface area (Å²) in [5.74, 6) is 0.0205. The SMILES string of the molecule is C=C(NO)[C@@H](O)[C@@H](CC(C)C)C(=O)N[C@H](c1nc(C(C)C)no1)C(C)(C)C. The molecule has 4 N–H and O–H groups in total. The lowest BCUT2D eigenvalue weighted by atomic mass is 9.84. The highest BCUT2D eigenvalue weighted by molar-refractivity contribution is 5.80. The smallest absolute Gasteiger partial charge is 0.249 e. The molecular weight excluding hydrogens is 348 g/mol. The molecule has 0 aliphatic rings. The molecule has 0 radical (unpaired) electrons. The predicted molar refractivity (Wildman–Crippen MR) is 102 cm³/mol. The molecule has 1 aromatic rings. The van der Waals surface area contributed by atoms with E-state index in [9.17, 15) is 9.90 Å². The zero-order valence-corrected chi connectivity index (χ0v) is 17.4. The second kappa shape index (κ2) is 9.32. The molecule has 1 heterocycles. The van der Waals surface area contributed by atoms with Gasteiger partial charge in [0.2, 0.25) is 11.8 Å². The molecule has 8 nitrogen and oxygen atoms in total. The third-order valence-corrected chi connectivity index (χ3v) is 4.32. The van der Waals surface area contributed by atoms with Crippen LogP contribution in [0.1, 0.15) is 78.6 Å². The molecule has 0 unspecified atom stereocenters. The van der Waals surface area contributed by atoms with Crippen LogP contribution in [0.4, 0.5) is 0 Å². The summed E-state index contributed by atoms with van der Waals surface area (Å²) >= 11 is 0. The van der Waals surface area contributed by atoms with Gasteiger partial charge in [-0.1, -0.05) is 60.2 Å². The maximum Gasteiger partial charge on any atom is 0.249 e. The molecule has 3 atom stereocenters. The van der Waals surface area contributed by atoms with Crippen molar-refractivity contribution in [1.29, 1.82) is 0 Å². The number of carbonyl (C=O) groups excluding carboxylic acids is 1. The van der Waals surface area contributed by atoms with E-state index in [0.29, 0.717) is 18.1 Å². The average molecular weight is 383 g/mol. The lowest BCUT2D eigenvalue weighted by Crippen LogP contribution is -2.45. The van der Waals surface area contributed by atoms with Crippen molar-refractivity contribution in [2.24, 2.45) is 17.3 Å². The minimum atomic E-state index is -1.23. The minimum Gasteiger partial charge on any atom is -0.386 e. The maximum absolute atomic E-state index is 13.0. The fourth-order valence-electron chi connectivity index (χ4n) is 2.69. The van der Waals surface area contributed by atoms with E-state index in [1.165, 1.54) is 0 Å². The molecule has 1 rings (SSSR count). The molecule has 154 valence electrons. The van der Waals surface area contributed by atoms with Crippen LogP contribution in [-0.4, -0.2) is 32.5 Å². The number of carbonyl (C=O) groups is 1. The van der Waals surface area contributed by atoms with E-state index in [2.05, 4.69) is 22.0 Å². The number of aliphatic hydroxyl groups is 1. The normalized spacial score (nSPS) is 15.5. The summed E-state index contributed by atoms with van der Waals surface area (Å²) in [7, 11) is 0. The largest absolute Gasteiger partial charge is 0.386 e. The van der Waals surface area contributed by atoms with Crippen molar-refractivity contribution < 1.29 is 19.6 Å². The van der Waals surface area contributed by atoms with Gasteiger partial charge in [0.1, 0.15) is 12.1 Å². The first-order chi connectivity index (χ1) is 12.4. The number of hydrogen-bond acceptors (Lipinski definition) is 7. The Morgan fingerprint density at radius 2 is 1.85 bits per heavy atom. The molecule has 0 saturated carbocycles. The molecule has 27 heavy (non-hydrogen) atoms. The van der Waals surface area contributed by atoms with Crippen molar-refractivity contribution in [2.75, 3.05) is 0 Å². The van der Waals surface area contributed by atoms with Crippen LogP contribution in [0.15, 0.2) is 16.8 Å². The standard InChI is InChI=1S/C19H34N4O4/c1-10(2)9-13(14(24)12(5)22-26)17(25)20-15(19(6,7)8)18-21-16(11(3)4)23-27-18/h10-11,13-15,22,24,26H,5,9H2,1-4,6-8H3,(H,20,25)/t13-,14-,15-/m1/s1. The molecule has 1 aromatic heterocycles. The van der Waals surface area contributed by atoms with Crippen molar-refractivity contribution in [3.8, 4) is 0 Å². The highest BCUT2D eigenvalue weighted by Crippen LogP contribution is 2.33. The summed E-state index contributed by atoms with van der Waals surface area (Å²) in [4.78, 5) is 17.4. The van der Waals surface area contributed by atoms with Crippen LogP contribution in [0.2, 0.25) is 0 Å². The third-order valence-electron chi connectivity index (χ3n) is 4.32. The van der Waals surface area contributed by atoms with E-state index in [-0.39, 0.29) is 23.4 Å². The zero-order valence-electron chi connectivity index (χ0n) is 17.4. The summed E-state index contributed by atoms with van der Waals surface area (Å²) in [6.07, 6.45) is -0.807. The Morgan fingerprint density at radius 3 is 2.26 bits per heavy atom. The summed E-state index contributed by atoms with van der Waals surface area (Å²) in [5.41, 5.74) is 1.42. The van der Waals surface area contributed by atoms with E-state index >= 15 is 0 Å². The fourth-order valence-corrected chi connectivity index (χ4v) is 2.69. The Labute approximate surface area is 161 Å². The van der Waals surface area contributed by atoms with E-state index in [0.717, 1.165) is 0 Å². The lowest BCUT2D eigenvalue weighted by Gasteiger charge is -2.31. The topological polar surface area (TPSA) is 121 Å². The monoisotopic (exact) mass is 382 g/mol. The Morgan fingerprint density at radius 1 is 1.26 bits per heavy atom. The lowest BCUT2D eigenvalue weighted by molar-refractivity contribution is -0.130. The van der Waals surface area contributed by atoms with Gasteiger partial charge in [-0.25, -0.2) is 0 Å². The molecule has 0 aliphatic carbocycles. The van der Waals surface area contributed by atoms with E-state index < -0.39 is 23.5 Å². The van der Waals surface area contributed by atoms with Gasteiger partial charge >= 0.3 is 0 Å². The Bertz CT molecular complexity index is 634. The van der Waals surface area contributed by atoms with E-state index in [4.69, 9.17) is 9.73 Å². The Hall–Kier alpha value is -1.93. The number of hydrogen-bond donors (Lipinski definition) is 4. The summed E-state index contributed by atoms with van der Waals surface area (Å²) in [6.45, 7) is 17.3. The Kier molecular flexibility index (Phi) is 7.98. The van der Waals surface area contributed by atoms with Crippen LogP contribution < -0.4 is 10.8 Å². The van der Waals surface area contributed by atoms with Gasteiger partial charge < -0.3 is 14.9 Å². The molecular formula is C19H34N4O4. The van der Waals surface area contributed by atoms with Crippen LogP contribution in [0, 0.1) is 17.3 Å². The van der Waals surface area contributed by atoms with Gasteiger partial charge in [-0.2, -0.15) is 4.98 Å². The average Bonchev–Trinajstić information content (AvgIpc) is 3.04. The molecule has 0 bridgehead atoms. The maximum atomic E-state index is 13.0. The number of nitrogens with zero attached hydrogens (tertiary/aromatic N) is 2. The quantitative estimate of drug-likeness (QED) is 0.485. The molecule has 0 aliphatic heterocycles. The van der Waals surface area contributed by atoms with Crippen molar-refractivity contribution in [3.05, 3.63) is 24.0 Å². The number of aliphatic hydroxyl groups excluding tert-OH is 1. The highest BCUT2D eigenvalue weighted by Gasteiger charge is 2.37. The first kappa shape index (κ1) is 23.1. The zero-order chi connectivity index (χ0) is 20.9. The number of aromatic nitrogens is 2. The number of hydroxylamine groups is 1. The van der Waals surface area contributed by atoms with Crippen molar-refractivity contribution >= 4 is 5.91 Å².